The second-order valence-corrected chi connectivity index (χ2v) is 4.39. The fourth-order valence-corrected chi connectivity index (χ4v) is 1.43. The van der Waals surface area contributed by atoms with E-state index in [1.807, 2.05) is 25.3 Å². The Morgan fingerprint density at radius 2 is 2.47 bits per heavy atom. The van der Waals surface area contributed by atoms with Crippen molar-refractivity contribution in [3.8, 4) is 0 Å². The topological polar surface area (TPSA) is 42.2 Å². The van der Waals surface area contributed by atoms with Gasteiger partial charge in [-0.05, 0) is 18.6 Å². The van der Waals surface area contributed by atoms with Crippen LogP contribution in [0.15, 0.2) is 29.4 Å². The normalized spacial score (nSPS) is 10.5. The molecule has 0 bridgehead atoms. The highest BCUT2D eigenvalue weighted by Crippen LogP contribution is 2.10. The van der Waals surface area contributed by atoms with Crippen LogP contribution < -0.4 is 5.32 Å². The van der Waals surface area contributed by atoms with Gasteiger partial charge in [-0.1, -0.05) is 28.6 Å². The highest BCUT2D eigenvalue weighted by atomic mass is 79.9. The quantitative estimate of drug-likeness (QED) is 0.928. The van der Waals surface area contributed by atoms with Crippen molar-refractivity contribution in [2.24, 2.45) is 0 Å². The number of aromatic nitrogens is 3. The summed E-state index contributed by atoms with van der Waals surface area (Å²) >= 11 is 3.27. The van der Waals surface area contributed by atoms with Crippen LogP contribution in [0, 0.1) is 6.92 Å². The molecule has 5 heteroatoms. The minimum absolute atomic E-state index is 0.616. The minimum Gasteiger partial charge on any atom is -0.348 e. The fraction of sp³-hybridized carbons (Fsp3) is 0.200. The SMILES string of the molecule is C=C(Br)CNc1nc2c(C)cccn2n1. The van der Waals surface area contributed by atoms with Gasteiger partial charge in [-0.2, -0.15) is 4.98 Å². The first-order valence-corrected chi connectivity index (χ1v) is 5.35. The average Bonchev–Trinajstić information content (AvgIpc) is 2.59. The van der Waals surface area contributed by atoms with Crippen molar-refractivity contribution >= 4 is 27.5 Å². The van der Waals surface area contributed by atoms with E-state index < -0.39 is 0 Å². The monoisotopic (exact) mass is 266 g/mol. The summed E-state index contributed by atoms with van der Waals surface area (Å²) in [7, 11) is 0. The van der Waals surface area contributed by atoms with E-state index in [9.17, 15) is 0 Å². The molecule has 1 N–H and O–H groups in total. The van der Waals surface area contributed by atoms with E-state index in [0.717, 1.165) is 15.7 Å². The van der Waals surface area contributed by atoms with E-state index >= 15 is 0 Å². The highest BCUT2D eigenvalue weighted by molar-refractivity contribution is 9.11. The van der Waals surface area contributed by atoms with Crippen LogP contribution in [-0.2, 0) is 0 Å². The number of nitrogens with zero attached hydrogens (tertiary/aromatic N) is 3. The summed E-state index contributed by atoms with van der Waals surface area (Å²) in [5.74, 6) is 0.616. The van der Waals surface area contributed by atoms with Crippen molar-refractivity contribution in [1.82, 2.24) is 14.6 Å². The molecule has 2 rings (SSSR count). The van der Waals surface area contributed by atoms with Crippen molar-refractivity contribution in [2.45, 2.75) is 6.92 Å². The molecule has 15 heavy (non-hydrogen) atoms. The van der Waals surface area contributed by atoms with Crippen LogP contribution in [0.1, 0.15) is 5.56 Å². The van der Waals surface area contributed by atoms with Crippen LogP contribution in [0.2, 0.25) is 0 Å². The maximum absolute atomic E-state index is 4.36. The molecule has 0 fully saturated rings. The smallest absolute Gasteiger partial charge is 0.243 e. The predicted molar refractivity (Wildman–Crippen MR) is 64.3 cm³/mol. The lowest BCUT2D eigenvalue weighted by Gasteiger charge is -1.96. The van der Waals surface area contributed by atoms with Gasteiger partial charge in [-0.25, -0.2) is 4.52 Å². The van der Waals surface area contributed by atoms with E-state index in [0.29, 0.717) is 12.5 Å². The Kier molecular flexibility index (Phi) is 2.73. The molecule has 0 aromatic carbocycles. The number of fused-ring (bicyclic) bond motifs is 1. The third-order valence-electron chi connectivity index (χ3n) is 2.00. The van der Waals surface area contributed by atoms with Crippen LogP contribution in [0.25, 0.3) is 5.65 Å². The number of rotatable bonds is 3. The maximum Gasteiger partial charge on any atom is 0.243 e. The molecule has 2 heterocycles. The minimum atomic E-state index is 0.616. The van der Waals surface area contributed by atoms with Gasteiger partial charge < -0.3 is 5.32 Å². The molecule has 0 radical (unpaired) electrons. The Bertz CT molecular complexity index is 503. The zero-order valence-electron chi connectivity index (χ0n) is 8.37. The van der Waals surface area contributed by atoms with Crippen molar-refractivity contribution in [3.05, 3.63) is 35.0 Å². The average molecular weight is 267 g/mol. The Labute approximate surface area is 96.1 Å². The molecule has 2 aromatic rings. The first-order chi connectivity index (χ1) is 7.16. The summed E-state index contributed by atoms with van der Waals surface area (Å²) < 4.78 is 2.63. The zero-order valence-corrected chi connectivity index (χ0v) is 9.95. The lowest BCUT2D eigenvalue weighted by Crippen LogP contribution is -2.02. The molecule has 0 aliphatic carbocycles. The van der Waals surface area contributed by atoms with E-state index in [1.54, 1.807) is 4.52 Å². The first-order valence-electron chi connectivity index (χ1n) is 4.56. The van der Waals surface area contributed by atoms with E-state index in [1.165, 1.54) is 0 Å². The van der Waals surface area contributed by atoms with Gasteiger partial charge >= 0.3 is 0 Å². The number of aryl methyl sites for hydroxylation is 1. The second kappa shape index (κ2) is 4.02. The molecule has 0 aliphatic heterocycles. The van der Waals surface area contributed by atoms with E-state index in [4.69, 9.17) is 0 Å². The molecule has 0 aliphatic rings. The van der Waals surface area contributed by atoms with E-state index in [-0.39, 0.29) is 0 Å². The van der Waals surface area contributed by atoms with Gasteiger partial charge in [0.05, 0.1) is 0 Å². The van der Waals surface area contributed by atoms with Gasteiger partial charge in [-0.3, -0.25) is 0 Å². The van der Waals surface area contributed by atoms with Crippen molar-refractivity contribution in [1.29, 1.82) is 0 Å². The summed E-state index contributed by atoms with van der Waals surface area (Å²) in [6, 6.07) is 3.96. The molecule has 0 unspecified atom stereocenters. The molecule has 0 spiro atoms. The Morgan fingerprint density at radius 3 is 3.13 bits per heavy atom. The van der Waals surface area contributed by atoms with E-state index in [2.05, 4.69) is 37.9 Å². The van der Waals surface area contributed by atoms with Crippen LogP contribution >= 0.6 is 15.9 Å². The van der Waals surface area contributed by atoms with Crippen molar-refractivity contribution in [2.75, 3.05) is 11.9 Å². The summed E-state index contributed by atoms with van der Waals surface area (Å²) in [6.45, 7) is 6.37. The van der Waals surface area contributed by atoms with Crippen LogP contribution in [0.3, 0.4) is 0 Å². The van der Waals surface area contributed by atoms with Gasteiger partial charge in [-0.15, -0.1) is 5.10 Å². The van der Waals surface area contributed by atoms with Gasteiger partial charge in [0, 0.05) is 17.2 Å². The summed E-state index contributed by atoms with van der Waals surface area (Å²) in [5.41, 5.74) is 1.98. The highest BCUT2D eigenvalue weighted by Gasteiger charge is 2.04. The molecule has 0 saturated carbocycles. The Balaban J connectivity index is 2.31. The molecule has 0 atom stereocenters. The number of anilines is 1. The van der Waals surface area contributed by atoms with Crippen LogP contribution in [-0.4, -0.2) is 21.1 Å². The Hall–Kier alpha value is -1.36. The third-order valence-corrected chi connectivity index (χ3v) is 2.28. The fourth-order valence-electron chi connectivity index (χ4n) is 1.29. The number of nitrogens with one attached hydrogen (secondary N) is 1. The van der Waals surface area contributed by atoms with Crippen LogP contribution in [0.4, 0.5) is 5.95 Å². The summed E-state index contributed by atoms with van der Waals surface area (Å²) in [5, 5.41) is 7.35. The molecule has 2 aromatic heterocycles. The standard InChI is InChI=1S/C10H11BrN4/c1-7-4-3-5-15-9(7)13-10(14-15)12-6-8(2)11/h3-5H,2,6H2,1H3,(H,12,14). The molecular formula is C10H11BrN4. The third kappa shape index (κ3) is 2.18. The summed E-state index contributed by atoms with van der Waals surface area (Å²) in [4.78, 5) is 4.36. The number of hydrogen-bond acceptors (Lipinski definition) is 3. The molecule has 4 nitrogen and oxygen atoms in total. The summed E-state index contributed by atoms with van der Waals surface area (Å²) in [6.07, 6.45) is 1.88. The van der Waals surface area contributed by atoms with Gasteiger partial charge in [0.2, 0.25) is 5.95 Å². The molecule has 78 valence electrons. The van der Waals surface area contributed by atoms with Crippen molar-refractivity contribution < 1.29 is 0 Å². The lowest BCUT2D eigenvalue weighted by molar-refractivity contribution is 0.954. The van der Waals surface area contributed by atoms with Gasteiger partial charge in [0.25, 0.3) is 0 Å². The van der Waals surface area contributed by atoms with Crippen LogP contribution in [0.5, 0.6) is 0 Å². The second-order valence-electron chi connectivity index (χ2n) is 3.27. The Morgan fingerprint density at radius 1 is 1.67 bits per heavy atom. The number of pyridine rings is 1. The van der Waals surface area contributed by atoms with Gasteiger partial charge in [0.1, 0.15) is 0 Å². The maximum atomic E-state index is 4.36. The first kappa shape index (κ1) is 10.2. The number of halogens is 1. The van der Waals surface area contributed by atoms with Crippen molar-refractivity contribution in [3.63, 3.8) is 0 Å². The lowest BCUT2D eigenvalue weighted by atomic mass is 10.3. The largest absolute Gasteiger partial charge is 0.348 e. The van der Waals surface area contributed by atoms with Gasteiger partial charge in [0.15, 0.2) is 5.65 Å². The zero-order chi connectivity index (χ0) is 10.8. The molecule has 0 saturated heterocycles. The molecule has 0 amide bonds. The number of hydrogen-bond donors (Lipinski definition) is 1. The predicted octanol–water partition coefficient (Wildman–Crippen LogP) is 2.36. The molecular weight excluding hydrogens is 256 g/mol.